The summed E-state index contributed by atoms with van der Waals surface area (Å²) >= 11 is 0. The van der Waals surface area contributed by atoms with Crippen LogP contribution in [-0.4, -0.2) is 24.9 Å². The fraction of sp³-hybridized carbons (Fsp3) is 0.231. The summed E-state index contributed by atoms with van der Waals surface area (Å²) in [5.74, 6) is 1.50. The highest BCUT2D eigenvalue weighted by molar-refractivity contribution is 5.95. The lowest BCUT2D eigenvalue weighted by molar-refractivity contribution is -0.119. The molecule has 6 heteroatoms. The molecule has 4 rings (SSSR count). The molecule has 0 aliphatic carbocycles. The zero-order chi connectivity index (χ0) is 22.3. The van der Waals surface area contributed by atoms with Gasteiger partial charge in [0.2, 0.25) is 5.91 Å². The summed E-state index contributed by atoms with van der Waals surface area (Å²) < 4.78 is 12.3. The number of anilines is 1. The maximum Gasteiger partial charge on any atom is 0.226 e. The van der Waals surface area contributed by atoms with E-state index in [0.29, 0.717) is 30.1 Å². The number of hydrogen-bond donors (Lipinski definition) is 2. The highest BCUT2D eigenvalue weighted by atomic mass is 16.5. The van der Waals surface area contributed by atoms with E-state index in [9.17, 15) is 4.79 Å². The lowest BCUT2D eigenvalue weighted by Gasteiger charge is -2.27. The largest absolute Gasteiger partial charge is 0.489 e. The Bertz CT molecular complexity index is 1070. The Labute approximate surface area is 188 Å². The van der Waals surface area contributed by atoms with Crippen LogP contribution in [0.2, 0.25) is 0 Å². The van der Waals surface area contributed by atoms with E-state index in [4.69, 9.17) is 20.6 Å². The second-order valence-electron chi connectivity index (χ2n) is 7.77. The van der Waals surface area contributed by atoms with Crippen molar-refractivity contribution in [2.45, 2.75) is 25.4 Å². The van der Waals surface area contributed by atoms with Crippen molar-refractivity contribution in [3.63, 3.8) is 0 Å². The molecular weight excluding hydrogens is 402 g/mol. The number of nitrogens with zero attached hydrogens (tertiary/aromatic N) is 1. The van der Waals surface area contributed by atoms with Crippen LogP contribution < -0.4 is 20.1 Å². The second-order valence-corrected chi connectivity index (χ2v) is 7.77. The van der Waals surface area contributed by atoms with Crippen molar-refractivity contribution in [3.05, 3.63) is 90.0 Å². The fourth-order valence-electron chi connectivity index (χ4n) is 3.74. The number of benzene rings is 3. The lowest BCUT2D eigenvalue weighted by atomic mass is 10.1. The van der Waals surface area contributed by atoms with Crippen LogP contribution >= 0.6 is 0 Å². The molecule has 0 spiro atoms. The van der Waals surface area contributed by atoms with Gasteiger partial charge in [0.1, 0.15) is 23.9 Å². The highest BCUT2D eigenvalue weighted by Crippen LogP contribution is 2.26. The summed E-state index contributed by atoms with van der Waals surface area (Å²) in [6.45, 7) is 1.07. The average Bonchev–Trinajstić information content (AvgIpc) is 2.83. The third kappa shape index (κ3) is 5.27. The smallest absolute Gasteiger partial charge is 0.226 e. The summed E-state index contributed by atoms with van der Waals surface area (Å²) in [5, 5.41) is 7.65. The SMILES string of the molecule is N=C(N)c1cccc(OC(COc2ccc(N3CCCCC3=O)cc2)c2ccccc2)c1. The van der Waals surface area contributed by atoms with Crippen LogP contribution in [-0.2, 0) is 4.79 Å². The molecule has 1 unspecified atom stereocenters. The van der Waals surface area contributed by atoms with E-state index in [2.05, 4.69) is 0 Å². The molecule has 0 saturated carbocycles. The van der Waals surface area contributed by atoms with Crippen molar-refractivity contribution in [3.8, 4) is 11.5 Å². The van der Waals surface area contributed by atoms with Crippen LogP contribution in [0.4, 0.5) is 5.69 Å². The number of carbonyl (C=O) groups excluding carboxylic acids is 1. The first-order valence-electron chi connectivity index (χ1n) is 10.8. The van der Waals surface area contributed by atoms with Crippen molar-refractivity contribution in [2.75, 3.05) is 18.1 Å². The third-order valence-corrected chi connectivity index (χ3v) is 5.47. The quantitative estimate of drug-likeness (QED) is 0.402. The molecule has 6 nitrogen and oxygen atoms in total. The molecule has 0 radical (unpaired) electrons. The van der Waals surface area contributed by atoms with Gasteiger partial charge >= 0.3 is 0 Å². The van der Waals surface area contributed by atoms with Gasteiger partial charge in [-0.05, 0) is 54.8 Å². The number of amides is 1. The molecule has 1 aliphatic heterocycles. The van der Waals surface area contributed by atoms with E-state index >= 15 is 0 Å². The van der Waals surface area contributed by atoms with Gasteiger partial charge in [-0.15, -0.1) is 0 Å². The van der Waals surface area contributed by atoms with E-state index in [1.54, 1.807) is 12.1 Å². The van der Waals surface area contributed by atoms with Gasteiger partial charge in [0.15, 0.2) is 6.10 Å². The van der Waals surface area contributed by atoms with Gasteiger partial charge < -0.3 is 20.1 Å². The highest BCUT2D eigenvalue weighted by Gasteiger charge is 2.20. The number of nitrogens with one attached hydrogen (secondary N) is 1. The van der Waals surface area contributed by atoms with Gasteiger partial charge in [-0.25, -0.2) is 0 Å². The van der Waals surface area contributed by atoms with Crippen LogP contribution in [0.15, 0.2) is 78.9 Å². The van der Waals surface area contributed by atoms with Gasteiger partial charge in [0.05, 0.1) is 0 Å². The molecule has 1 amide bonds. The molecule has 1 atom stereocenters. The Balaban J connectivity index is 1.46. The summed E-state index contributed by atoms with van der Waals surface area (Å²) in [4.78, 5) is 14.0. The molecule has 1 saturated heterocycles. The van der Waals surface area contributed by atoms with E-state index in [1.807, 2.05) is 71.6 Å². The van der Waals surface area contributed by atoms with Crippen molar-refractivity contribution < 1.29 is 14.3 Å². The minimum Gasteiger partial charge on any atom is -0.489 e. The van der Waals surface area contributed by atoms with E-state index in [0.717, 1.165) is 30.6 Å². The van der Waals surface area contributed by atoms with Crippen molar-refractivity contribution in [1.82, 2.24) is 0 Å². The van der Waals surface area contributed by atoms with Gasteiger partial charge in [0.25, 0.3) is 0 Å². The molecule has 32 heavy (non-hydrogen) atoms. The summed E-state index contributed by atoms with van der Waals surface area (Å²) in [7, 11) is 0. The van der Waals surface area contributed by atoms with Crippen LogP contribution in [0.3, 0.4) is 0 Å². The molecule has 0 aromatic heterocycles. The zero-order valence-electron chi connectivity index (χ0n) is 17.9. The maximum atomic E-state index is 12.1. The van der Waals surface area contributed by atoms with Crippen molar-refractivity contribution in [1.29, 1.82) is 5.41 Å². The number of nitrogens with two attached hydrogens (primary N) is 1. The summed E-state index contributed by atoms with van der Waals surface area (Å²) in [6, 6.07) is 24.7. The first-order valence-corrected chi connectivity index (χ1v) is 10.8. The van der Waals surface area contributed by atoms with Crippen molar-refractivity contribution >= 4 is 17.4 Å². The molecule has 1 aliphatic rings. The third-order valence-electron chi connectivity index (χ3n) is 5.47. The van der Waals surface area contributed by atoms with Crippen molar-refractivity contribution in [2.24, 2.45) is 5.73 Å². The first kappa shape index (κ1) is 21.4. The summed E-state index contributed by atoms with van der Waals surface area (Å²) in [5.41, 5.74) is 8.11. The Hall–Kier alpha value is -3.80. The zero-order valence-corrected chi connectivity index (χ0v) is 17.9. The molecular formula is C26H27N3O3. The molecule has 0 bridgehead atoms. The summed E-state index contributed by atoms with van der Waals surface area (Å²) in [6.07, 6.45) is 2.26. The molecule has 1 heterocycles. The van der Waals surface area contributed by atoms with Crippen LogP contribution in [0.25, 0.3) is 0 Å². The number of piperidine rings is 1. The van der Waals surface area contributed by atoms with Crippen LogP contribution in [0, 0.1) is 5.41 Å². The Morgan fingerprint density at radius 3 is 2.47 bits per heavy atom. The number of hydrogen-bond acceptors (Lipinski definition) is 4. The number of ether oxygens (including phenoxy) is 2. The Morgan fingerprint density at radius 1 is 0.969 bits per heavy atom. The van der Waals surface area contributed by atoms with E-state index in [-0.39, 0.29) is 17.8 Å². The predicted molar refractivity (Wildman–Crippen MR) is 125 cm³/mol. The Morgan fingerprint density at radius 2 is 1.75 bits per heavy atom. The van der Waals surface area contributed by atoms with Gasteiger partial charge in [-0.2, -0.15) is 0 Å². The van der Waals surface area contributed by atoms with Crippen LogP contribution in [0.5, 0.6) is 11.5 Å². The minimum atomic E-state index is -0.346. The van der Waals surface area contributed by atoms with Crippen LogP contribution in [0.1, 0.15) is 36.5 Å². The van der Waals surface area contributed by atoms with E-state index < -0.39 is 0 Å². The standard InChI is InChI=1S/C26H27N3O3/c27-26(28)20-9-6-10-23(17-20)32-24(19-7-2-1-3-8-19)18-31-22-14-12-21(13-15-22)29-16-5-4-11-25(29)30/h1-3,6-10,12-15,17,24H,4-5,11,16,18H2,(H3,27,28). The number of nitrogen functional groups attached to an aromatic ring is 1. The molecule has 1 fully saturated rings. The fourth-order valence-corrected chi connectivity index (χ4v) is 3.74. The van der Waals surface area contributed by atoms with Gasteiger partial charge in [-0.3, -0.25) is 10.2 Å². The van der Waals surface area contributed by atoms with E-state index in [1.165, 1.54) is 0 Å². The minimum absolute atomic E-state index is 0.00441. The molecule has 3 N–H and O–H groups in total. The second kappa shape index (κ2) is 10.0. The van der Waals surface area contributed by atoms with Gasteiger partial charge in [-0.1, -0.05) is 42.5 Å². The monoisotopic (exact) mass is 429 g/mol. The average molecular weight is 430 g/mol. The maximum absolute atomic E-state index is 12.1. The Kier molecular flexibility index (Phi) is 6.70. The number of amidine groups is 1. The molecule has 164 valence electrons. The molecule has 3 aromatic carbocycles. The first-order chi connectivity index (χ1) is 15.6. The number of carbonyl (C=O) groups is 1. The molecule has 3 aromatic rings. The van der Waals surface area contributed by atoms with Gasteiger partial charge in [0, 0.05) is 24.2 Å². The number of rotatable bonds is 8. The topological polar surface area (TPSA) is 88.6 Å². The lowest BCUT2D eigenvalue weighted by Crippen LogP contribution is -2.35. The predicted octanol–water partition coefficient (Wildman–Crippen LogP) is 4.69. The normalized spacial score (nSPS) is 14.6.